The van der Waals surface area contributed by atoms with E-state index in [1.165, 1.54) is 0 Å². The second-order valence-corrected chi connectivity index (χ2v) is 5.27. The van der Waals surface area contributed by atoms with Crippen LogP contribution in [0.25, 0.3) is 0 Å². The Kier molecular flexibility index (Phi) is 4.22. The molecule has 1 saturated heterocycles. The molecule has 102 valence electrons. The molecule has 1 saturated carbocycles. The first-order valence-corrected chi connectivity index (χ1v) is 6.86. The van der Waals surface area contributed by atoms with Gasteiger partial charge in [-0.15, -0.1) is 0 Å². The highest BCUT2D eigenvalue weighted by atomic mass is 16.6. The summed E-state index contributed by atoms with van der Waals surface area (Å²) < 4.78 is 5.37. The molecule has 4 unspecified atom stereocenters. The summed E-state index contributed by atoms with van der Waals surface area (Å²) in [7, 11) is 0. The van der Waals surface area contributed by atoms with Gasteiger partial charge >= 0.3 is 0 Å². The minimum absolute atomic E-state index is 0.0381. The summed E-state index contributed by atoms with van der Waals surface area (Å²) >= 11 is 0. The number of ether oxygens (including phenoxy) is 1. The number of rotatable bonds is 5. The molecule has 3 N–H and O–H groups in total. The van der Waals surface area contributed by atoms with Crippen LogP contribution in [0.2, 0.25) is 0 Å². The van der Waals surface area contributed by atoms with Gasteiger partial charge in [-0.25, -0.2) is 0 Å². The molecule has 2 aliphatic rings. The Morgan fingerprint density at radius 3 is 2.44 bits per heavy atom. The molecule has 0 bridgehead atoms. The van der Waals surface area contributed by atoms with Crippen molar-refractivity contribution in [2.45, 2.75) is 51.2 Å². The van der Waals surface area contributed by atoms with Gasteiger partial charge in [-0.2, -0.15) is 0 Å². The second kappa shape index (κ2) is 5.69. The minimum atomic E-state index is -0.344. The Bertz CT molecular complexity index is 332. The number of carbonyl (C=O) groups is 2. The van der Waals surface area contributed by atoms with E-state index in [0.717, 1.165) is 32.1 Å². The summed E-state index contributed by atoms with van der Waals surface area (Å²) in [5, 5.41) is 2.89. The SMILES string of the molecule is CCC1OC1CNC(=O)C1CCCCC1C(N)=O. The third-order valence-electron chi connectivity index (χ3n) is 4.04. The molecule has 18 heavy (non-hydrogen) atoms. The fraction of sp³-hybridized carbons (Fsp3) is 0.846. The summed E-state index contributed by atoms with van der Waals surface area (Å²) in [5.41, 5.74) is 5.36. The molecule has 0 aromatic heterocycles. The van der Waals surface area contributed by atoms with Crippen molar-refractivity contribution in [1.29, 1.82) is 0 Å². The van der Waals surface area contributed by atoms with E-state index in [2.05, 4.69) is 12.2 Å². The maximum absolute atomic E-state index is 12.1. The van der Waals surface area contributed by atoms with E-state index in [1.807, 2.05) is 0 Å². The van der Waals surface area contributed by atoms with E-state index in [0.29, 0.717) is 12.6 Å². The Labute approximate surface area is 107 Å². The van der Waals surface area contributed by atoms with Crippen molar-refractivity contribution >= 4 is 11.8 Å². The molecule has 0 aromatic carbocycles. The van der Waals surface area contributed by atoms with Gasteiger partial charge in [-0.3, -0.25) is 9.59 Å². The normalized spacial score (nSPS) is 34.9. The highest BCUT2D eigenvalue weighted by Gasteiger charge is 2.39. The van der Waals surface area contributed by atoms with Gasteiger partial charge < -0.3 is 15.8 Å². The summed E-state index contributed by atoms with van der Waals surface area (Å²) in [6.45, 7) is 2.62. The third-order valence-corrected chi connectivity index (χ3v) is 4.04. The van der Waals surface area contributed by atoms with Crippen LogP contribution in [0.3, 0.4) is 0 Å². The van der Waals surface area contributed by atoms with Crippen molar-refractivity contribution in [3.05, 3.63) is 0 Å². The van der Waals surface area contributed by atoms with Crippen LogP contribution in [-0.2, 0) is 14.3 Å². The molecule has 1 aliphatic heterocycles. The van der Waals surface area contributed by atoms with Gasteiger partial charge in [0.2, 0.25) is 11.8 Å². The second-order valence-electron chi connectivity index (χ2n) is 5.27. The van der Waals surface area contributed by atoms with Crippen LogP contribution in [0.5, 0.6) is 0 Å². The maximum atomic E-state index is 12.1. The zero-order chi connectivity index (χ0) is 13.1. The number of nitrogens with one attached hydrogen (secondary N) is 1. The number of epoxide rings is 1. The molecular formula is C13H22N2O3. The predicted molar refractivity (Wildman–Crippen MR) is 66.6 cm³/mol. The fourth-order valence-electron chi connectivity index (χ4n) is 2.84. The van der Waals surface area contributed by atoms with Crippen LogP contribution >= 0.6 is 0 Å². The standard InChI is InChI=1S/C13H22N2O3/c1-2-10-11(18-10)7-15-13(17)9-6-4-3-5-8(9)12(14)16/h8-11H,2-7H2,1H3,(H2,14,16)(H,15,17). The van der Waals surface area contributed by atoms with E-state index < -0.39 is 0 Å². The van der Waals surface area contributed by atoms with E-state index in [1.54, 1.807) is 0 Å². The van der Waals surface area contributed by atoms with Crippen LogP contribution < -0.4 is 11.1 Å². The van der Waals surface area contributed by atoms with Gasteiger partial charge in [0.1, 0.15) is 6.10 Å². The zero-order valence-corrected chi connectivity index (χ0v) is 10.9. The summed E-state index contributed by atoms with van der Waals surface area (Å²) in [6, 6.07) is 0. The molecule has 2 rings (SSSR count). The molecule has 1 heterocycles. The predicted octanol–water partition coefficient (Wildman–Crippen LogP) is 0.572. The third kappa shape index (κ3) is 3.02. The lowest BCUT2D eigenvalue weighted by Crippen LogP contribution is -2.43. The van der Waals surface area contributed by atoms with E-state index >= 15 is 0 Å². The van der Waals surface area contributed by atoms with Crippen LogP contribution in [-0.4, -0.2) is 30.6 Å². The number of hydrogen-bond acceptors (Lipinski definition) is 3. The Balaban J connectivity index is 1.81. The number of primary amides is 1. The first-order chi connectivity index (χ1) is 8.63. The molecular weight excluding hydrogens is 232 g/mol. The lowest BCUT2D eigenvalue weighted by atomic mass is 9.78. The Hall–Kier alpha value is -1.10. The van der Waals surface area contributed by atoms with E-state index in [9.17, 15) is 9.59 Å². The molecule has 5 nitrogen and oxygen atoms in total. The smallest absolute Gasteiger partial charge is 0.224 e. The van der Waals surface area contributed by atoms with E-state index in [4.69, 9.17) is 10.5 Å². The monoisotopic (exact) mass is 254 g/mol. The summed E-state index contributed by atoms with van der Waals surface area (Å²) in [6.07, 6.45) is 4.93. The number of carbonyl (C=O) groups excluding carboxylic acids is 2. The zero-order valence-electron chi connectivity index (χ0n) is 10.9. The highest BCUT2D eigenvalue weighted by molar-refractivity contribution is 5.87. The lowest BCUT2D eigenvalue weighted by Gasteiger charge is -2.28. The van der Waals surface area contributed by atoms with Crippen molar-refractivity contribution in [1.82, 2.24) is 5.32 Å². The molecule has 2 amide bonds. The molecule has 2 fully saturated rings. The number of amides is 2. The van der Waals surface area contributed by atoms with E-state index in [-0.39, 0.29) is 29.8 Å². The lowest BCUT2D eigenvalue weighted by molar-refractivity contribution is -0.134. The van der Waals surface area contributed by atoms with Crippen molar-refractivity contribution in [2.24, 2.45) is 17.6 Å². The van der Waals surface area contributed by atoms with Gasteiger partial charge in [0.25, 0.3) is 0 Å². The van der Waals surface area contributed by atoms with Crippen molar-refractivity contribution < 1.29 is 14.3 Å². The largest absolute Gasteiger partial charge is 0.369 e. The molecule has 0 spiro atoms. The van der Waals surface area contributed by atoms with Gasteiger partial charge in [0.15, 0.2) is 0 Å². The van der Waals surface area contributed by atoms with Crippen molar-refractivity contribution in [3.63, 3.8) is 0 Å². The average Bonchev–Trinajstić information content (AvgIpc) is 3.14. The minimum Gasteiger partial charge on any atom is -0.369 e. The van der Waals surface area contributed by atoms with Crippen molar-refractivity contribution in [2.75, 3.05) is 6.54 Å². The van der Waals surface area contributed by atoms with Gasteiger partial charge in [0, 0.05) is 18.4 Å². The van der Waals surface area contributed by atoms with Crippen LogP contribution in [0, 0.1) is 11.8 Å². The molecule has 5 heteroatoms. The topological polar surface area (TPSA) is 84.7 Å². The quantitative estimate of drug-likeness (QED) is 0.703. The average molecular weight is 254 g/mol. The van der Waals surface area contributed by atoms with Crippen LogP contribution in [0.15, 0.2) is 0 Å². The van der Waals surface area contributed by atoms with Gasteiger partial charge in [-0.05, 0) is 19.3 Å². The molecule has 4 atom stereocenters. The Morgan fingerprint density at radius 1 is 1.22 bits per heavy atom. The van der Waals surface area contributed by atoms with Crippen molar-refractivity contribution in [3.8, 4) is 0 Å². The first kappa shape index (κ1) is 13.3. The first-order valence-electron chi connectivity index (χ1n) is 6.86. The fourth-order valence-corrected chi connectivity index (χ4v) is 2.84. The Morgan fingerprint density at radius 2 is 1.89 bits per heavy atom. The van der Waals surface area contributed by atoms with Crippen LogP contribution in [0.4, 0.5) is 0 Å². The summed E-state index contributed by atoms with van der Waals surface area (Å²) in [4.78, 5) is 23.4. The summed E-state index contributed by atoms with van der Waals surface area (Å²) in [5.74, 6) is -0.913. The molecule has 0 aromatic rings. The molecule has 0 radical (unpaired) electrons. The number of nitrogens with two attached hydrogens (primary N) is 1. The number of hydrogen-bond donors (Lipinski definition) is 2. The maximum Gasteiger partial charge on any atom is 0.224 e. The van der Waals surface area contributed by atoms with Crippen LogP contribution in [0.1, 0.15) is 39.0 Å². The highest BCUT2D eigenvalue weighted by Crippen LogP contribution is 2.30. The van der Waals surface area contributed by atoms with Gasteiger partial charge in [-0.1, -0.05) is 19.8 Å². The van der Waals surface area contributed by atoms with Gasteiger partial charge in [0.05, 0.1) is 6.10 Å². The molecule has 1 aliphatic carbocycles.